The van der Waals surface area contributed by atoms with E-state index < -0.39 is 10.8 Å². The summed E-state index contributed by atoms with van der Waals surface area (Å²) in [6, 6.07) is 6.70. The molecule has 1 aromatic rings. The average Bonchev–Trinajstić information content (AvgIpc) is 2.40. The molecule has 0 amide bonds. The molecule has 0 aromatic heterocycles. The Morgan fingerprint density at radius 3 is 2.68 bits per heavy atom. The molecule has 1 aliphatic rings. The number of nitrogens with zero attached hydrogens (tertiary/aromatic N) is 1. The van der Waals surface area contributed by atoms with E-state index in [0.717, 1.165) is 41.9 Å². The maximum absolute atomic E-state index is 11.4. The molecule has 5 heteroatoms. The standard InChI is InChI=1S/C14H21BrN2OS/c1-2-12(16)9-11-3-4-14(13(15)10-11)17-5-7-19(18)8-6-17/h3-4,10,12H,2,5-9,16H2,1H3. The number of nitrogens with two attached hydrogens (primary N) is 1. The molecule has 106 valence electrons. The lowest BCUT2D eigenvalue weighted by Gasteiger charge is -2.29. The maximum Gasteiger partial charge on any atom is 0.0511 e. The van der Waals surface area contributed by atoms with E-state index in [0.29, 0.717) is 0 Å². The van der Waals surface area contributed by atoms with Gasteiger partial charge in [-0.25, -0.2) is 0 Å². The number of halogens is 1. The van der Waals surface area contributed by atoms with Gasteiger partial charge in [-0.15, -0.1) is 0 Å². The van der Waals surface area contributed by atoms with Gasteiger partial charge in [-0.2, -0.15) is 0 Å². The third kappa shape index (κ3) is 4.04. The molecule has 0 spiro atoms. The molecule has 1 saturated heterocycles. The monoisotopic (exact) mass is 344 g/mol. The van der Waals surface area contributed by atoms with Crippen LogP contribution in [0, 0.1) is 0 Å². The summed E-state index contributed by atoms with van der Waals surface area (Å²) in [5.74, 6) is 1.55. The van der Waals surface area contributed by atoms with Gasteiger partial charge >= 0.3 is 0 Å². The van der Waals surface area contributed by atoms with Crippen molar-refractivity contribution in [3.8, 4) is 0 Å². The summed E-state index contributed by atoms with van der Waals surface area (Å²) in [5.41, 5.74) is 8.46. The van der Waals surface area contributed by atoms with Crippen molar-refractivity contribution in [1.82, 2.24) is 0 Å². The Hall–Kier alpha value is -0.390. The Labute approximate surface area is 126 Å². The predicted octanol–water partition coefficient (Wildman–Crippen LogP) is 2.30. The number of hydrogen-bond acceptors (Lipinski definition) is 3. The van der Waals surface area contributed by atoms with Gasteiger partial charge in [-0.3, -0.25) is 4.21 Å². The van der Waals surface area contributed by atoms with Gasteiger partial charge in [0.05, 0.1) is 5.69 Å². The summed E-state index contributed by atoms with van der Waals surface area (Å²) in [4.78, 5) is 2.30. The molecular weight excluding hydrogens is 324 g/mol. The molecule has 1 heterocycles. The summed E-state index contributed by atoms with van der Waals surface area (Å²) in [6.07, 6.45) is 1.91. The van der Waals surface area contributed by atoms with E-state index >= 15 is 0 Å². The van der Waals surface area contributed by atoms with E-state index in [1.54, 1.807) is 0 Å². The molecule has 3 nitrogen and oxygen atoms in total. The Morgan fingerprint density at radius 1 is 1.42 bits per heavy atom. The van der Waals surface area contributed by atoms with Crippen molar-refractivity contribution in [2.75, 3.05) is 29.5 Å². The van der Waals surface area contributed by atoms with E-state index in [-0.39, 0.29) is 6.04 Å². The molecule has 1 aliphatic heterocycles. The fourth-order valence-electron chi connectivity index (χ4n) is 2.26. The minimum absolute atomic E-state index is 0.232. The molecule has 0 radical (unpaired) electrons. The fourth-order valence-corrected chi connectivity index (χ4v) is 3.99. The van der Waals surface area contributed by atoms with Crippen LogP contribution in [-0.2, 0) is 17.2 Å². The first-order chi connectivity index (χ1) is 9.10. The first-order valence-electron chi connectivity index (χ1n) is 6.74. The number of rotatable bonds is 4. The van der Waals surface area contributed by atoms with Gasteiger partial charge in [-0.05, 0) is 46.5 Å². The van der Waals surface area contributed by atoms with E-state index in [4.69, 9.17) is 5.73 Å². The van der Waals surface area contributed by atoms with Crippen molar-refractivity contribution in [1.29, 1.82) is 0 Å². The lowest BCUT2D eigenvalue weighted by atomic mass is 10.0. The minimum atomic E-state index is -0.628. The summed E-state index contributed by atoms with van der Waals surface area (Å²) >= 11 is 3.65. The van der Waals surface area contributed by atoms with Gasteiger partial charge < -0.3 is 10.6 Å². The van der Waals surface area contributed by atoms with Gasteiger partial charge in [0.15, 0.2) is 0 Å². The van der Waals surface area contributed by atoms with Gasteiger partial charge in [0, 0.05) is 45.9 Å². The second kappa shape index (κ2) is 6.86. The van der Waals surface area contributed by atoms with E-state index in [1.807, 2.05) is 0 Å². The molecule has 0 saturated carbocycles. The summed E-state index contributed by atoms with van der Waals surface area (Å²) in [5, 5.41) is 0. The van der Waals surface area contributed by atoms with Crippen LogP contribution < -0.4 is 10.6 Å². The molecule has 0 aliphatic carbocycles. The van der Waals surface area contributed by atoms with Crippen molar-refractivity contribution in [3.05, 3.63) is 28.2 Å². The molecule has 1 unspecified atom stereocenters. The highest BCUT2D eigenvalue weighted by atomic mass is 79.9. The second-order valence-corrected chi connectivity index (χ2v) is 7.54. The third-order valence-electron chi connectivity index (χ3n) is 3.55. The van der Waals surface area contributed by atoms with Gasteiger partial charge in [-0.1, -0.05) is 13.0 Å². The first-order valence-corrected chi connectivity index (χ1v) is 9.02. The van der Waals surface area contributed by atoms with E-state index in [2.05, 4.69) is 46.0 Å². The molecule has 1 atom stereocenters. The van der Waals surface area contributed by atoms with Crippen LogP contribution in [0.2, 0.25) is 0 Å². The largest absolute Gasteiger partial charge is 0.369 e. The highest BCUT2D eigenvalue weighted by Gasteiger charge is 2.17. The van der Waals surface area contributed by atoms with Crippen molar-refractivity contribution >= 4 is 32.4 Å². The number of benzene rings is 1. The summed E-state index contributed by atoms with van der Waals surface area (Å²) in [6.45, 7) is 3.86. The Balaban J connectivity index is 2.08. The smallest absolute Gasteiger partial charge is 0.0511 e. The Morgan fingerprint density at radius 2 is 2.11 bits per heavy atom. The van der Waals surface area contributed by atoms with Crippen LogP contribution in [-0.4, -0.2) is 34.8 Å². The third-order valence-corrected chi connectivity index (χ3v) is 5.46. The SMILES string of the molecule is CCC(N)Cc1ccc(N2CCS(=O)CC2)c(Br)c1. The molecule has 1 aromatic carbocycles. The van der Waals surface area contributed by atoms with Crippen molar-refractivity contribution < 1.29 is 4.21 Å². The maximum atomic E-state index is 11.4. The van der Waals surface area contributed by atoms with Crippen LogP contribution >= 0.6 is 15.9 Å². The zero-order chi connectivity index (χ0) is 13.8. The zero-order valence-corrected chi connectivity index (χ0v) is 13.7. The van der Waals surface area contributed by atoms with Crippen molar-refractivity contribution in [2.45, 2.75) is 25.8 Å². The molecule has 2 rings (SSSR count). The van der Waals surface area contributed by atoms with Crippen LogP contribution in [0.5, 0.6) is 0 Å². The van der Waals surface area contributed by atoms with Crippen LogP contribution in [0.3, 0.4) is 0 Å². The zero-order valence-electron chi connectivity index (χ0n) is 11.3. The topological polar surface area (TPSA) is 46.3 Å². The second-order valence-electron chi connectivity index (χ2n) is 4.99. The lowest BCUT2D eigenvalue weighted by Crippen LogP contribution is -2.37. The fraction of sp³-hybridized carbons (Fsp3) is 0.571. The summed E-state index contributed by atoms with van der Waals surface area (Å²) < 4.78 is 12.5. The van der Waals surface area contributed by atoms with Crippen molar-refractivity contribution in [2.24, 2.45) is 5.73 Å². The number of anilines is 1. The molecule has 0 bridgehead atoms. The first kappa shape index (κ1) is 15.0. The molecular formula is C14H21BrN2OS. The van der Waals surface area contributed by atoms with Crippen LogP contribution in [0.4, 0.5) is 5.69 Å². The van der Waals surface area contributed by atoms with Crippen molar-refractivity contribution in [3.63, 3.8) is 0 Å². The highest BCUT2D eigenvalue weighted by Crippen LogP contribution is 2.28. The molecule has 19 heavy (non-hydrogen) atoms. The number of hydrogen-bond donors (Lipinski definition) is 1. The molecule has 1 fully saturated rings. The van der Waals surface area contributed by atoms with E-state index in [1.165, 1.54) is 11.3 Å². The normalized spacial score (nSPS) is 18.6. The van der Waals surface area contributed by atoms with Crippen LogP contribution in [0.25, 0.3) is 0 Å². The highest BCUT2D eigenvalue weighted by molar-refractivity contribution is 9.10. The minimum Gasteiger partial charge on any atom is -0.369 e. The summed E-state index contributed by atoms with van der Waals surface area (Å²) in [7, 11) is -0.628. The molecule has 2 N–H and O–H groups in total. The van der Waals surface area contributed by atoms with Gasteiger partial charge in [0.25, 0.3) is 0 Å². The average molecular weight is 345 g/mol. The van der Waals surface area contributed by atoms with Crippen LogP contribution in [0.15, 0.2) is 22.7 Å². The van der Waals surface area contributed by atoms with E-state index in [9.17, 15) is 4.21 Å². The Kier molecular flexibility index (Phi) is 5.42. The predicted molar refractivity (Wildman–Crippen MR) is 86.2 cm³/mol. The van der Waals surface area contributed by atoms with Gasteiger partial charge in [0.2, 0.25) is 0 Å². The Bertz CT molecular complexity index is 457. The van der Waals surface area contributed by atoms with Gasteiger partial charge in [0.1, 0.15) is 0 Å². The lowest BCUT2D eigenvalue weighted by molar-refractivity contribution is 0.646. The van der Waals surface area contributed by atoms with Crippen LogP contribution in [0.1, 0.15) is 18.9 Å². The quantitative estimate of drug-likeness (QED) is 0.911.